The Morgan fingerprint density at radius 1 is 1.32 bits per heavy atom. The van der Waals surface area contributed by atoms with Crippen molar-refractivity contribution >= 4 is 21.6 Å². The smallest absolute Gasteiger partial charge is 0.246 e. The number of hydrogen-bond donors (Lipinski definition) is 1. The quantitative estimate of drug-likeness (QED) is 0.821. The highest BCUT2D eigenvalue weighted by Crippen LogP contribution is 2.29. The topological polar surface area (TPSA) is 88.6 Å². The zero-order valence-corrected chi connectivity index (χ0v) is 13.2. The molecule has 1 aromatic heterocycles. The Labute approximate surface area is 129 Å². The van der Waals surface area contributed by atoms with Crippen LogP contribution in [0.5, 0.6) is 0 Å². The molecule has 2 aliphatic heterocycles. The van der Waals surface area contributed by atoms with Crippen molar-refractivity contribution in [2.75, 3.05) is 37.4 Å². The van der Waals surface area contributed by atoms with E-state index >= 15 is 0 Å². The third-order valence-electron chi connectivity index (χ3n) is 4.26. The van der Waals surface area contributed by atoms with Gasteiger partial charge in [-0.2, -0.15) is 0 Å². The van der Waals surface area contributed by atoms with Gasteiger partial charge in [0.15, 0.2) is 9.84 Å². The van der Waals surface area contributed by atoms with E-state index < -0.39 is 9.84 Å². The van der Waals surface area contributed by atoms with Gasteiger partial charge in [-0.05, 0) is 25.0 Å². The maximum atomic E-state index is 11.4. The van der Waals surface area contributed by atoms with Crippen LogP contribution < -0.4 is 10.2 Å². The fourth-order valence-electron chi connectivity index (χ4n) is 2.82. The maximum Gasteiger partial charge on any atom is 0.246 e. The van der Waals surface area contributed by atoms with Gasteiger partial charge >= 0.3 is 0 Å². The van der Waals surface area contributed by atoms with Crippen LogP contribution in [0.4, 0.5) is 5.82 Å². The third-order valence-corrected chi connectivity index (χ3v) is 5.36. The number of morpholine rings is 1. The Morgan fingerprint density at radius 2 is 2.05 bits per heavy atom. The molecule has 0 saturated carbocycles. The van der Waals surface area contributed by atoms with E-state index in [0.29, 0.717) is 6.54 Å². The van der Waals surface area contributed by atoms with Crippen LogP contribution in [0.3, 0.4) is 0 Å². The standard InChI is InChI=1S/C14H19N3O4S/c1-22(19,20)11-2-3-12(15-8-11)17-6-4-14(5-7-17)10-16-13(18)9-21-14/h2-3,8H,4-7,9-10H2,1H3,(H,16,18). The van der Waals surface area contributed by atoms with Gasteiger partial charge in [0.25, 0.3) is 0 Å². The summed E-state index contributed by atoms with van der Waals surface area (Å²) in [4.78, 5) is 17.8. The average Bonchev–Trinajstić information content (AvgIpc) is 2.51. The summed E-state index contributed by atoms with van der Waals surface area (Å²) in [6.07, 6.45) is 4.18. The van der Waals surface area contributed by atoms with Gasteiger partial charge in [0.05, 0.1) is 10.5 Å². The molecule has 7 nitrogen and oxygen atoms in total. The Bertz CT molecular complexity index is 652. The van der Waals surface area contributed by atoms with Crippen molar-refractivity contribution in [3.8, 4) is 0 Å². The van der Waals surface area contributed by atoms with Gasteiger partial charge in [0, 0.05) is 32.1 Å². The molecule has 0 atom stereocenters. The van der Waals surface area contributed by atoms with Crippen LogP contribution in [0.15, 0.2) is 23.2 Å². The van der Waals surface area contributed by atoms with E-state index in [4.69, 9.17) is 4.74 Å². The molecule has 2 saturated heterocycles. The number of aromatic nitrogens is 1. The van der Waals surface area contributed by atoms with Crippen molar-refractivity contribution in [1.29, 1.82) is 0 Å². The zero-order valence-electron chi connectivity index (χ0n) is 12.4. The minimum absolute atomic E-state index is 0.0638. The van der Waals surface area contributed by atoms with Crippen LogP contribution in [0, 0.1) is 0 Å². The van der Waals surface area contributed by atoms with Gasteiger partial charge < -0.3 is 15.0 Å². The summed E-state index contributed by atoms with van der Waals surface area (Å²) < 4.78 is 28.6. The van der Waals surface area contributed by atoms with Crippen LogP contribution in [0.25, 0.3) is 0 Å². The molecule has 1 N–H and O–H groups in total. The molecule has 3 heterocycles. The van der Waals surface area contributed by atoms with Crippen LogP contribution >= 0.6 is 0 Å². The molecule has 1 spiro atoms. The predicted molar refractivity (Wildman–Crippen MR) is 80.5 cm³/mol. The second-order valence-electron chi connectivity index (χ2n) is 5.86. The van der Waals surface area contributed by atoms with E-state index in [1.165, 1.54) is 12.5 Å². The van der Waals surface area contributed by atoms with Crippen molar-refractivity contribution < 1.29 is 17.9 Å². The first-order valence-corrected chi connectivity index (χ1v) is 9.09. The fraction of sp³-hybridized carbons (Fsp3) is 0.571. The molecule has 1 aromatic rings. The van der Waals surface area contributed by atoms with Crippen LogP contribution in [0.2, 0.25) is 0 Å². The molecular formula is C14H19N3O4S. The SMILES string of the molecule is CS(=O)(=O)c1ccc(N2CCC3(CC2)CNC(=O)CO3)nc1. The number of sulfone groups is 1. The monoisotopic (exact) mass is 325 g/mol. The highest BCUT2D eigenvalue weighted by molar-refractivity contribution is 7.90. The van der Waals surface area contributed by atoms with Gasteiger partial charge in [0.1, 0.15) is 12.4 Å². The van der Waals surface area contributed by atoms with Crippen molar-refractivity contribution in [1.82, 2.24) is 10.3 Å². The highest BCUT2D eigenvalue weighted by Gasteiger charge is 2.39. The second-order valence-corrected chi connectivity index (χ2v) is 7.88. The lowest BCUT2D eigenvalue weighted by Gasteiger charge is -2.43. The van der Waals surface area contributed by atoms with Gasteiger partial charge in [-0.3, -0.25) is 4.79 Å². The van der Waals surface area contributed by atoms with Crippen molar-refractivity contribution in [2.45, 2.75) is 23.3 Å². The van der Waals surface area contributed by atoms with Gasteiger partial charge in [-0.1, -0.05) is 0 Å². The molecule has 0 unspecified atom stereocenters. The Balaban J connectivity index is 1.65. The molecule has 0 aliphatic carbocycles. The van der Waals surface area contributed by atoms with Gasteiger partial charge in [-0.25, -0.2) is 13.4 Å². The summed E-state index contributed by atoms with van der Waals surface area (Å²) in [7, 11) is -3.22. The molecule has 1 amide bonds. The van der Waals surface area contributed by atoms with Crippen molar-refractivity contribution in [3.05, 3.63) is 18.3 Å². The molecule has 2 aliphatic rings. The molecule has 0 aromatic carbocycles. The minimum atomic E-state index is -3.22. The van der Waals surface area contributed by atoms with Crippen LogP contribution in [0.1, 0.15) is 12.8 Å². The zero-order chi connectivity index (χ0) is 15.8. The second kappa shape index (κ2) is 5.51. The summed E-state index contributed by atoms with van der Waals surface area (Å²) in [5.41, 5.74) is -0.267. The van der Waals surface area contributed by atoms with E-state index in [1.54, 1.807) is 12.1 Å². The summed E-state index contributed by atoms with van der Waals surface area (Å²) in [5, 5.41) is 2.86. The molecule has 120 valence electrons. The predicted octanol–water partition coefficient (Wildman–Crippen LogP) is -0.0295. The number of carbonyl (C=O) groups is 1. The number of nitrogens with one attached hydrogen (secondary N) is 1. The number of ether oxygens (including phenoxy) is 1. The molecule has 3 rings (SSSR count). The number of pyridine rings is 1. The molecular weight excluding hydrogens is 306 g/mol. The van der Waals surface area contributed by atoms with Crippen LogP contribution in [-0.2, 0) is 19.4 Å². The molecule has 8 heteroatoms. The van der Waals surface area contributed by atoms with Crippen molar-refractivity contribution in [2.24, 2.45) is 0 Å². The average molecular weight is 325 g/mol. The van der Waals surface area contributed by atoms with Gasteiger partial charge in [-0.15, -0.1) is 0 Å². The first-order valence-electron chi connectivity index (χ1n) is 7.20. The molecule has 0 bridgehead atoms. The van der Waals surface area contributed by atoms with Gasteiger partial charge in [0.2, 0.25) is 5.91 Å². The summed E-state index contributed by atoms with van der Waals surface area (Å²) in [6.45, 7) is 2.21. The van der Waals surface area contributed by atoms with Crippen LogP contribution in [-0.4, -0.2) is 57.4 Å². The first-order chi connectivity index (χ1) is 10.4. The number of piperidine rings is 1. The number of hydrogen-bond acceptors (Lipinski definition) is 6. The number of anilines is 1. The summed E-state index contributed by atoms with van der Waals surface area (Å²) >= 11 is 0. The van der Waals surface area contributed by atoms with E-state index in [0.717, 1.165) is 31.7 Å². The summed E-state index contributed by atoms with van der Waals surface area (Å²) in [6, 6.07) is 3.32. The first kappa shape index (κ1) is 15.2. The third kappa shape index (κ3) is 3.07. The number of nitrogens with zero attached hydrogens (tertiary/aromatic N) is 2. The number of rotatable bonds is 2. The Hall–Kier alpha value is -1.67. The Morgan fingerprint density at radius 3 is 2.55 bits per heavy atom. The lowest BCUT2D eigenvalue weighted by molar-refractivity contribution is -0.146. The van der Waals surface area contributed by atoms with E-state index in [9.17, 15) is 13.2 Å². The van der Waals surface area contributed by atoms with E-state index in [1.807, 2.05) is 0 Å². The minimum Gasteiger partial charge on any atom is -0.363 e. The number of amides is 1. The molecule has 2 fully saturated rings. The molecule has 0 radical (unpaired) electrons. The largest absolute Gasteiger partial charge is 0.363 e. The maximum absolute atomic E-state index is 11.4. The highest BCUT2D eigenvalue weighted by atomic mass is 32.2. The van der Waals surface area contributed by atoms with E-state index in [2.05, 4.69) is 15.2 Å². The van der Waals surface area contributed by atoms with E-state index in [-0.39, 0.29) is 23.0 Å². The fourth-order valence-corrected chi connectivity index (χ4v) is 3.38. The summed E-state index contributed by atoms with van der Waals surface area (Å²) in [5.74, 6) is 0.702. The Kier molecular flexibility index (Phi) is 3.82. The van der Waals surface area contributed by atoms with Crippen molar-refractivity contribution in [3.63, 3.8) is 0 Å². The number of carbonyl (C=O) groups excluding carboxylic acids is 1. The normalized spacial score (nSPS) is 21.7. The lowest BCUT2D eigenvalue weighted by atomic mass is 9.90. The molecule has 22 heavy (non-hydrogen) atoms. The lowest BCUT2D eigenvalue weighted by Crippen LogP contribution is -2.57.